The first-order chi connectivity index (χ1) is 9.19. The van der Waals surface area contributed by atoms with Gasteiger partial charge in [-0.25, -0.2) is 0 Å². The van der Waals surface area contributed by atoms with Crippen LogP contribution in [-0.4, -0.2) is 41.9 Å². The molecule has 0 aliphatic carbocycles. The molecule has 0 N–H and O–H groups in total. The zero-order chi connectivity index (χ0) is 17.1. The topological polar surface area (TPSA) is 34.1 Å². The molecule has 0 spiro atoms. The molecule has 0 bridgehead atoms. The van der Waals surface area contributed by atoms with Crippen molar-refractivity contribution in [3.8, 4) is 0 Å². The van der Waals surface area contributed by atoms with Crippen LogP contribution >= 0.6 is 7.66 Å². The minimum atomic E-state index is -2.33. The molecule has 0 aliphatic heterocycles. The SMILES string of the molecule is CCOP(=N[Si](C)(C)C)(OCC)N([Si](C)(C)C)[Si](C)(C)C. The van der Waals surface area contributed by atoms with E-state index in [9.17, 15) is 0 Å². The highest BCUT2D eigenvalue weighted by atomic mass is 31.2. The maximum atomic E-state index is 6.31. The fourth-order valence-electron chi connectivity index (χ4n) is 2.74. The summed E-state index contributed by atoms with van der Waals surface area (Å²) in [6.07, 6.45) is 0. The number of rotatable bonds is 8. The molecule has 0 radical (unpaired) electrons. The van der Waals surface area contributed by atoms with Gasteiger partial charge in [0.05, 0.1) is 13.2 Å². The summed E-state index contributed by atoms with van der Waals surface area (Å²) >= 11 is 0. The Morgan fingerprint density at radius 3 is 1.29 bits per heavy atom. The first-order valence-electron chi connectivity index (χ1n) is 7.93. The molecule has 0 atom stereocenters. The Bertz CT molecular complexity index is 360. The molecule has 0 rings (SSSR count). The Morgan fingerprint density at radius 1 is 0.762 bits per heavy atom. The Labute approximate surface area is 136 Å². The maximum Gasteiger partial charge on any atom is 0.268 e. The number of hydrogen-bond donors (Lipinski definition) is 0. The van der Waals surface area contributed by atoms with Crippen LogP contribution in [0.25, 0.3) is 0 Å². The van der Waals surface area contributed by atoms with Gasteiger partial charge in [-0.1, -0.05) is 39.3 Å². The highest BCUT2D eigenvalue weighted by molar-refractivity contribution is 7.60. The summed E-state index contributed by atoms with van der Waals surface area (Å²) in [4.78, 5) is 0. The molecule has 0 aromatic rings. The zero-order valence-electron chi connectivity index (χ0n) is 16.1. The standard InChI is InChI=1S/C13H37N2O2PSi3/c1-12-16-18(17-13-2,14-19(3,4)5)15(20(6,7)8)21(9,10)11/h12-13H2,1-11H3. The van der Waals surface area contributed by atoms with Gasteiger partial charge in [-0.15, -0.1) is 0 Å². The molecule has 128 valence electrons. The van der Waals surface area contributed by atoms with Crippen molar-refractivity contribution in [3.05, 3.63) is 0 Å². The van der Waals surface area contributed by atoms with Crippen LogP contribution in [-0.2, 0) is 9.05 Å². The second-order valence-corrected chi connectivity index (χ2v) is 26.1. The van der Waals surface area contributed by atoms with Crippen LogP contribution in [0.2, 0.25) is 58.9 Å². The molecule has 0 amide bonds. The minimum absolute atomic E-state index is 0.660. The van der Waals surface area contributed by atoms with Crippen molar-refractivity contribution < 1.29 is 9.05 Å². The maximum absolute atomic E-state index is 6.31. The van der Waals surface area contributed by atoms with Crippen molar-refractivity contribution >= 4 is 32.4 Å². The summed E-state index contributed by atoms with van der Waals surface area (Å²) in [7, 11) is -7.21. The van der Waals surface area contributed by atoms with Crippen molar-refractivity contribution in [1.29, 1.82) is 0 Å². The molecular formula is C13H37N2O2PSi3. The van der Waals surface area contributed by atoms with Gasteiger partial charge in [0.1, 0.15) is 16.5 Å². The molecule has 0 saturated heterocycles. The molecule has 0 aromatic heterocycles. The molecule has 0 saturated carbocycles. The van der Waals surface area contributed by atoms with Crippen molar-refractivity contribution in [2.24, 2.45) is 4.41 Å². The first kappa shape index (κ1) is 21.8. The van der Waals surface area contributed by atoms with E-state index in [0.29, 0.717) is 13.2 Å². The van der Waals surface area contributed by atoms with Gasteiger partial charge < -0.3 is 9.05 Å². The minimum Gasteiger partial charge on any atom is -0.314 e. The van der Waals surface area contributed by atoms with E-state index in [-0.39, 0.29) is 0 Å². The summed E-state index contributed by atoms with van der Waals surface area (Å²) in [5.74, 6) is 0. The Hall–Kier alpha value is 0.761. The van der Waals surface area contributed by atoms with Crippen LogP contribution in [0.1, 0.15) is 13.8 Å². The zero-order valence-corrected chi connectivity index (χ0v) is 20.0. The molecule has 0 unspecified atom stereocenters. The van der Waals surface area contributed by atoms with Crippen molar-refractivity contribution in [2.75, 3.05) is 13.2 Å². The fourth-order valence-corrected chi connectivity index (χ4v) is 23.2. The molecule has 0 fully saturated rings. The summed E-state index contributed by atoms with van der Waals surface area (Å²) < 4.78 is 20.5. The van der Waals surface area contributed by atoms with Crippen LogP contribution in [0.5, 0.6) is 0 Å². The Morgan fingerprint density at radius 2 is 1.10 bits per heavy atom. The normalized spacial score (nSPS) is 14.7. The van der Waals surface area contributed by atoms with E-state index >= 15 is 0 Å². The van der Waals surface area contributed by atoms with Gasteiger partial charge in [0.2, 0.25) is 0 Å². The second-order valence-electron chi connectivity index (χ2n) is 8.25. The third-order valence-corrected chi connectivity index (χ3v) is 19.3. The van der Waals surface area contributed by atoms with Crippen LogP contribution < -0.4 is 0 Å². The highest BCUT2D eigenvalue weighted by Crippen LogP contribution is 2.61. The molecule has 4 nitrogen and oxygen atoms in total. The molecule has 8 heteroatoms. The van der Waals surface area contributed by atoms with Gasteiger partial charge in [-0.3, -0.25) is 8.41 Å². The van der Waals surface area contributed by atoms with Gasteiger partial charge in [0.15, 0.2) is 8.24 Å². The quantitative estimate of drug-likeness (QED) is 0.400. The average molecular weight is 369 g/mol. The van der Waals surface area contributed by atoms with E-state index in [1.807, 2.05) is 0 Å². The largest absolute Gasteiger partial charge is 0.314 e. The lowest BCUT2D eigenvalue weighted by molar-refractivity contribution is 0.242. The second kappa shape index (κ2) is 7.55. The summed E-state index contributed by atoms with van der Waals surface area (Å²) in [6.45, 7) is 26.6. The molecule has 0 aliphatic rings. The van der Waals surface area contributed by atoms with Gasteiger partial charge >= 0.3 is 0 Å². The number of hydrogen-bond acceptors (Lipinski definition) is 3. The van der Waals surface area contributed by atoms with E-state index in [2.05, 4.69) is 76.8 Å². The lowest BCUT2D eigenvalue weighted by atomic mass is 10.9. The van der Waals surface area contributed by atoms with Gasteiger partial charge in [0.25, 0.3) is 7.66 Å². The highest BCUT2D eigenvalue weighted by Gasteiger charge is 2.47. The van der Waals surface area contributed by atoms with E-state index in [4.69, 9.17) is 13.5 Å². The third kappa shape index (κ3) is 6.81. The number of nitrogens with zero attached hydrogens (tertiary/aromatic N) is 2. The smallest absolute Gasteiger partial charge is 0.268 e. The first-order valence-corrected chi connectivity index (χ1v) is 19.8. The van der Waals surface area contributed by atoms with Crippen LogP contribution in [0.15, 0.2) is 4.41 Å². The summed E-state index contributed by atoms with van der Waals surface area (Å²) in [6, 6.07) is 0. The van der Waals surface area contributed by atoms with Crippen LogP contribution in [0, 0.1) is 0 Å². The molecule has 0 aromatic carbocycles. The van der Waals surface area contributed by atoms with E-state index in [1.165, 1.54) is 0 Å². The van der Waals surface area contributed by atoms with Crippen molar-refractivity contribution in [2.45, 2.75) is 72.8 Å². The summed E-state index contributed by atoms with van der Waals surface area (Å²) in [5.41, 5.74) is 0. The van der Waals surface area contributed by atoms with Crippen molar-refractivity contribution in [1.82, 2.24) is 4.00 Å². The van der Waals surface area contributed by atoms with Gasteiger partial charge in [-0.05, 0) is 33.5 Å². The van der Waals surface area contributed by atoms with E-state index < -0.39 is 32.4 Å². The molecular weight excluding hydrogens is 331 g/mol. The predicted molar refractivity (Wildman–Crippen MR) is 104 cm³/mol. The Kier molecular flexibility index (Phi) is 7.83. The average Bonchev–Trinajstić information content (AvgIpc) is 2.09. The van der Waals surface area contributed by atoms with Crippen molar-refractivity contribution in [3.63, 3.8) is 0 Å². The lowest BCUT2D eigenvalue weighted by Gasteiger charge is -2.49. The predicted octanol–water partition coefficient (Wildman–Crippen LogP) is 5.81. The van der Waals surface area contributed by atoms with Gasteiger partial charge in [-0.2, -0.15) is 0 Å². The van der Waals surface area contributed by atoms with E-state index in [1.54, 1.807) is 0 Å². The van der Waals surface area contributed by atoms with Crippen LogP contribution in [0.4, 0.5) is 0 Å². The third-order valence-electron chi connectivity index (χ3n) is 2.54. The molecule has 0 heterocycles. The Balaban J connectivity index is 6.36. The monoisotopic (exact) mass is 368 g/mol. The van der Waals surface area contributed by atoms with E-state index in [0.717, 1.165) is 0 Å². The lowest BCUT2D eigenvalue weighted by Crippen LogP contribution is -2.57. The summed E-state index contributed by atoms with van der Waals surface area (Å²) in [5, 5.41) is 0. The fraction of sp³-hybridized carbons (Fsp3) is 1.00. The van der Waals surface area contributed by atoms with Crippen LogP contribution in [0.3, 0.4) is 0 Å². The van der Waals surface area contributed by atoms with Gasteiger partial charge in [0, 0.05) is 0 Å². The molecule has 21 heavy (non-hydrogen) atoms.